The number of hydrogen-bond acceptors (Lipinski definition) is 1. The molecule has 0 aromatic heterocycles. The minimum absolute atomic E-state index is 0.188. The fourth-order valence-corrected chi connectivity index (χ4v) is 2.20. The van der Waals surface area contributed by atoms with Crippen LogP contribution in [0, 0.1) is 11.3 Å². The molecule has 0 N–H and O–H groups in total. The van der Waals surface area contributed by atoms with Gasteiger partial charge in [0, 0.05) is 5.41 Å². The SMILES string of the molecule is FC1CC12CC(CS)C2. The lowest BCUT2D eigenvalue weighted by molar-refractivity contribution is 0.153. The Morgan fingerprint density at radius 2 is 2.00 bits per heavy atom. The summed E-state index contributed by atoms with van der Waals surface area (Å²) in [5, 5.41) is 0. The van der Waals surface area contributed by atoms with Crippen LogP contribution >= 0.6 is 12.6 Å². The topological polar surface area (TPSA) is 0 Å². The van der Waals surface area contributed by atoms with E-state index in [1.165, 1.54) is 0 Å². The summed E-state index contributed by atoms with van der Waals surface area (Å²) in [6, 6.07) is 0. The van der Waals surface area contributed by atoms with Crippen LogP contribution in [0.2, 0.25) is 0 Å². The highest BCUT2D eigenvalue weighted by molar-refractivity contribution is 7.80. The Hall–Kier alpha value is 0.280. The second kappa shape index (κ2) is 1.66. The number of thiol groups is 1. The minimum Gasteiger partial charge on any atom is -0.247 e. The summed E-state index contributed by atoms with van der Waals surface area (Å²) in [6.07, 6.45) is 2.61. The van der Waals surface area contributed by atoms with Gasteiger partial charge in [-0.1, -0.05) is 0 Å². The van der Waals surface area contributed by atoms with Gasteiger partial charge in [0.15, 0.2) is 0 Å². The Balaban J connectivity index is 1.85. The van der Waals surface area contributed by atoms with Crippen LogP contribution in [0.3, 0.4) is 0 Å². The third kappa shape index (κ3) is 0.721. The maximum absolute atomic E-state index is 12.5. The molecule has 0 nitrogen and oxygen atoms in total. The first-order valence-electron chi connectivity index (χ1n) is 3.52. The summed E-state index contributed by atoms with van der Waals surface area (Å²) in [5.74, 6) is 1.68. The second-order valence-electron chi connectivity index (χ2n) is 3.49. The van der Waals surface area contributed by atoms with Gasteiger partial charge in [0.2, 0.25) is 0 Å². The molecule has 2 rings (SSSR count). The van der Waals surface area contributed by atoms with Crippen LogP contribution in [-0.4, -0.2) is 11.9 Å². The van der Waals surface area contributed by atoms with E-state index in [1.807, 2.05) is 0 Å². The van der Waals surface area contributed by atoms with Crippen LogP contribution in [-0.2, 0) is 0 Å². The van der Waals surface area contributed by atoms with Gasteiger partial charge in [-0.25, -0.2) is 4.39 Å². The molecule has 2 saturated carbocycles. The normalized spacial score (nSPS) is 55.3. The molecule has 0 amide bonds. The molecule has 2 aliphatic rings. The lowest BCUT2D eigenvalue weighted by Crippen LogP contribution is -2.28. The van der Waals surface area contributed by atoms with Crippen molar-refractivity contribution in [1.82, 2.24) is 0 Å². The zero-order valence-corrected chi connectivity index (χ0v) is 6.20. The first-order valence-corrected chi connectivity index (χ1v) is 4.15. The van der Waals surface area contributed by atoms with E-state index in [4.69, 9.17) is 0 Å². The molecule has 0 bridgehead atoms. The third-order valence-electron chi connectivity index (χ3n) is 2.74. The highest BCUT2D eigenvalue weighted by Crippen LogP contribution is 2.64. The van der Waals surface area contributed by atoms with Crippen molar-refractivity contribution in [3.05, 3.63) is 0 Å². The van der Waals surface area contributed by atoms with Crippen LogP contribution in [0.5, 0.6) is 0 Å². The van der Waals surface area contributed by atoms with Gasteiger partial charge in [0.1, 0.15) is 6.17 Å². The minimum atomic E-state index is -0.450. The summed E-state index contributed by atoms with van der Waals surface area (Å²) in [4.78, 5) is 0. The summed E-state index contributed by atoms with van der Waals surface area (Å²) in [7, 11) is 0. The van der Waals surface area contributed by atoms with Gasteiger partial charge < -0.3 is 0 Å². The van der Waals surface area contributed by atoms with Gasteiger partial charge >= 0.3 is 0 Å². The molecule has 1 unspecified atom stereocenters. The molecule has 0 aromatic rings. The van der Waals surface area contributed by atoms with Crippen molar-refractivity contribution >= 4 is 12.6 Å². The van der Waals surface area contributed by atoms with E-state index < -0.39 is 6.17 Å². The Kier molecular flexibility index (Phi) is 1.11. The van der Waals surface area contributed by atoms with Crippen molar-refractivity contribution in [2.75, 3.05) is 5.75 Å². The third-order valence-corrected chi connectivity index (χ3v) is 3.26. The first-order chi connectivity index (χ1) is 4.27. The van der Waals surface area contributed by atoms with E-state index in [0.717, 1.165) is 30.9 Å². The lowest BCUT2D eigenvalue weighted by atomic mass is 9.73. The maximum atomic E-state index is 12.5. The van der Waals surface area contributed by atoms with Crippen molar-refractivity contribution in [1.29, 1.82) is 0 Å². The average molecular weight is 146 g/mol. The number of alkyl halides is 1. The molecular formula is C7H11FS. The van der Waals surface area contributed by atoms with E-state index in [9.17, 15) is 4.39 Å². The Labute approximate surface area is 60.2 Å². The quantitative estimate of drug-likeness (QED) is 0.538. The first kappa shape index (κ1) is 6.02. The van der Waals surface area contributed by atoms with Crippen LogP contribution < -0.4 is 0 Å². The van der Waals surface area contributed by atoms with Crippen molar-refractivity contribution in [3.8, 4) is 0 Å². The highest BCUT2D eigenvalue weighted by Gasteiger charge is 2.61. The van der Waals surface area contributed by atoms with E-state index in [2.05, 4.69) is 12.6 Å². The molecule has 0 aromatic carbocycles. The fourth-order valence-electron chi connectivity index (χ4n) is 1.94. The van der Waals surface area contributed by atoms with Gasteiger partial charge in [-0.15, -0.1) is 0 Å². The fraction of sp³-hybridized carbons (Fsp3) is 1.00. The summed E-state index contributed by atoms with van der Waals surface area (Å²) in [6.45, 7) is 0. The Morgan fingerprint density at radius 1 is 1.44 bits per heavy atom. The van der Waals surface area contributed by atoms with Crippen LogP contribution in [0.25, 0.3) is 0 Å². The van der Waals surface area contributed by atoms with Crippen molar-refractivity contribution in [3.63, 3.8) is 0 Å². The van der Waals surface area contributed by atoms with E-state index in [0.29, 0.717) is 0 Å². The number of hydrogen-bond donors (Lipinski definition) is 1. The molecule has 0 heterocycles. The summed E-state index contributed by atoms with van der Waals surface area (Å²) >= 11 is 4.16. The van der Waals surface area contributed by atoms with E-state index in [1.54, 1.807) is 0 Å². The molecule has 1 atom stereocenters. The number of rotatable bonds is 1. The molecule has 2 heteroatoms. The molecule has 0 saturated heterocycles. The second-order valence-corrected chi connectivity index (χ2v) is 3.86. The zero-order chi connectivity index (χ0) is 6.48. The molecule has 9 heavy (non-hydrogen) atoms. The molecule has 1 spiro atoms. The van der Waals surface area contributed by atoms with Crippen LogP contribution in [0.1, 0.15) is 19.3 Å². The van der Waals surface area contributed by atoms with Crippen molar-refractivity contribution in [2.45, 2.75) is 25.4 Å². The smallest absolute Gasteiger partial charge is 0.106 e. The Bertz CT molecular complexity index is 129. The monoisotopic (exact) mass is 146 g/mol. The summed E-state index contributed by atoms with van der Waals surface area (Å²) < 4.78 is 12.5. The van der Waals surface area contributed by atoms with Gasteiger partial charge in [-0.05, 0) is 30.9 Å². The van der Waals surface area contributed by atoms with E-state index in [-0.39, 0.29) is 5.41 Å². The van der Waals surface area contributed by atoms with Crippen LogP contribution in [0.4, 0.5) is 4.39 Å². The molecular weight excluding hydrogens is 135 g/mol. The molecule has 2 fully saturated rings. The predicted octanol–water partition coefficient (Wildman–Crippen LogP) is 2.05. The largest absolute Gasteiger partial charge is 0.247 e. The van der Waals surface area contributed by atoms with Gasteiger partial charge in [0.25, 0.3) is 0 Å². The van der Waals surface area contributed by atoms with Gasteiger partial charge in [-0.3, -0.25) is 0 Å². The summed E-state index contributed by atoms with van der Waals surface area (Å²) in [5.41, 5.74) is 0.188. The molecule has 52 valence electrons. The molecule has 0 radical (unpaired) electrons. The Morgan fingerprint density at radius 3 is 2.33 bits per heavy atom. The molecule has 0 aliphatic heterocycles. The van der Waals surface area contributed by atoms with E-state index >= 15 is 0 Å². The molecule has 2 aliphatic carbocycles. The predicted molar refractivity (Wildman–Crippen MR) is 38.5 cm³/mol. The average Bonchev–Trinajstić information content (AvgIpc) is 2.37. The van der Waals surface area contributed by atoms with Crippen molar-refractivity contribution < 1.29 is 4.39 Å². The van der Waals surface area contributed by atoms with Gasteiger partial charge in [0.05, 0.1) is 0 Å². The highest BCUT2D eigenvalue weighted by atomic mass is 32.1. The number of halogens is 1. The zero-order valence-electron chi connectivity index (χ0n) is 5.31. The van der Waals surface area contributed by atoms with Gasteiger partial charge in [-0.2, -0.15) is 12.6 Å². The lowest BCUT2D eigenvalue weighted by Gasteiger charge is -2.34. The maximum Gasteiger partial charge on any atom is 0.106 e. The van der Waals surface area contributed by atoms with Crippen molar-refractivity contribution in [2.24, 2.45) is 11.3 Å². The van der Waals surface area contributed by atoms with Crippen LogP contribution in [0.15, 0.2) is 0 Å². The standard InChI is InChI=1S/C7H11FS/c8-6-3-7(6)1-5(2-7)4-9/h5-6,9H,1-4H2.